The van der Waals surface area contributed by atoms with E-state index in [-0.39, 0.29) is 18.3 Å². The van der Waals surface area contributed by atoms with Gasteiger partial charge in [0.2, 0.25) is 0 Å². The van der Waals surface area contributed by atoms with Gasteiger partial charge in [-0.15, -0.1) is 0 Å². The van der Waals surface area contributed by atoms with Crippen LogP contribution in [0, 0.1) is 5.82 Å². The molecule has 0 radical (unpaired) electrons. The number of carbonyl (C=O) groups is 1. The summed E-state index contributed by atoms with van der Waals surface area (Å²) in [7, 11) is 0. The third-order valence-electron chi connectivity index (χ3n) is 6.16. The average Bonchev–Trinajstić information content (AvgIpc) is 2.92. The van der Waals surface area contributed by atoms with E-state index in [0.29, 0.717) is 12.3 Å². The van der Waals surface area contributed by atoms with Crippen molar-refractivity contribution in [3.63, 3.8) is 0 Å². The van der Waals surface area contributed by atoms with E-state index in [0.717, 1.165) is 48.5 Å². The molecular formula is C28H27FN4O2. The Bertz CT molecular complexity index is 1290. The number of pyridine rings is 1. The first-order valence-corrected chi connectivity index (χ1v) is 11.7. The van der Waals surface area contributed by atoms with E-state index >= 15 is 0 Å². The van der Waals surface area contributed by atoms with Crippen molar-refractivity contribution in [1.29, 1.82) is 0 Å². The quantitative estimate of drug-likeness (QED) is 0.434. The second kappa shape index (κ2) is 10.4. The van der Waals surface area contributed by atoms with Crippen LogP contribution in [-0.2, 0) is 11.3 Å². The van der Waals surface area contributed by atoms with Crippen molar-refractivity contribution < 1.29 is 13.9 Å². The molecule has 0 bridgehead atoms. The van der Waals surface area contributed by atoms with Crippen LogP contribution in [0.25, 0.3) is 10.9 Å². The number of carbonyl (C=O) groups excluding carboxylic acids is 1. The van der Waals surface area contributed by atoms with Crippen LogP contribution in [0.2, 0.25) is 0 Å². The van der Waals surface area contributed by atoms with Gasteiger partial charge in [-0.05, 0) is 48.0 Å². The zero-order valence-corrected chi connectivity index (χ0v) is 19.4. The highest BCUT2D eigenvalue weighted by Crippen LogP contribution is 2.27. The highest BCUT2D eigenvalue weighted by molar-refractivity contribution is 5.86. The van der Waals surface area contributed by atoms with Gasteiger partial charge in [0.05, 0.1) is 0 Å². The molecule has 0 aliphatic carbocycles. The number of para-hydroxylation sites is 2. The van der Waals surface area contributed by atoms with Crippen molar-refractivity contribution in [1.82, 2.24) is 10.3 Å². The van der Waals surface area contributed by atoms with Crippen molar-refractivity contribution in [2.75, 3.05) is 42.6 Å². The SMILES string of the molecule is O=C(COc1cccc2ccc(N3CCN(c4ccccc4)CC3)nc12)NCc1ccc(F)cc1. The molecule has 0 spiro atoms. The molecule has 7 heteroatoms. The lowest BCUT2D eigenvalue weighted by molar-refractivity contribution is -0.123. The van der Waals surface area contributed by atoms with E-state index in [2.05, 4.69) is 39.4 Å². The van der Waals surface area contributed by atoms with Crippen molar-refractivity contribution >= 4 is 28.3 Å². The summed E-state index contributed by atoms with van der Waals surface area (Å²) in [6.45, 7) is 3.80. The Kier molecular flexibility index (Phi) is 6.75. The van der Waals surface area contributed by atoms with Crippen molar-refractivity contribution in [2.24, 2.45) is 0 Å². The number of rotatable bonds is 7. The summed E-state index contributed by atoms with van der Waals surface area (Å²) in [6, 6.07) is 26.3. The zero-order valence-electron chi connectivity index (χ0n) is 19.4. The molecule has 1 saturated heterocycles. The van der Waals surface area contributed by atoms with E-state index in [1.54, 1.807) is 12.1 Å². The summed E-state index contributed by atoms with van der Waals surface area (Å²) >= 11 is 0. The van der Waals surface area contributed by atoms with Crippen molar-refractivity contribution in [3.8, 4) is 5.75 Å². The third kappa shape index (κ3) is 5.51. The topological polar surface area (TPSA) is 57.7 Å². The fraction of sp³-hybridized carbons (Fsp3) is 0.214. The van der Waals surface area contributed by atoms with E-state index in [1.807, 2.05) is 36.4 Å². The normalized spacial score (nSPS) is 13.6. The summed E-state index contributed by atoms with van der Waals surface area (Å²) in [5.41, 5.74) is 2.80. The Labute approximate surface area is 204 Å². The minimum Gasteiger partial charge on any atom is -0.481 e. The number of ether oxygens (including phenoxy) is 1. The smallest absolute Gasteiger partial charge is 0.258 e. The van der Waals surface area contributed by atoms with Gasteiger partial charge >= 0.3 is 0 Å². The molecule has 0 saturated carbocycles. The number of halogens is 1. The van der Waals surface area contributed by atoms with Crippen molar-refractivity contribution in [3.05, 3.63) is 96.3 Å². The molecule has 6 nitrogen and oxygen atoms in total. The van der Waals surface area contributed by atoms with Gasteiger partial charge in [0.15, 0.2) is 6.61 Å². The lowest BCUT2D eigenvalue weighted by atomic mass is 10.2. The van der Waals surface area contributed by atoms with Crippen LogP contribution in [0.3, 0.4) is 0 Å². The molecule has 1 aliphatic heterocycles. The maximum absolute atomic E-state index is 13.0. The number of hydrogen-bond donors (Lipinski definition) is 1. The fourth-order valence-electron chi connectivity index (χ4n) is 4.23. The van der Waals surface area contributed by atoms with Gasteiger partial charge in [-0.25, -0.2) is 9.37 Å². The molecule has 1 fully saturated rings. The second-order valence-corrected chi connectivity index (χ2v) is 8.50. The van der Waals surface area contributed by atoms with Gasteiger partial charge in [-0.2, -0.15) is 0 Å². The number of amides is 1. The number of aromatic nitrogens is 1. The second-order valence-electron chi connectivity index (χ2n) is 8.50. The number of hydrogen-bond acceptors (Lipinski definition) is 5. The number of anilines is 2. The molecular weight excluding hydrogens is 443 g/mol. The Morgan fingerprint density at radius 3 is 2.37 bits per heavy atom. The maximum atomic E-state index is 13.0. The van der Waals surface area contributed by atoms with Crippen LogP contribution in [-0.4, -0.2) is 43.7 Å². The lowest BCUT2D eigenvalue weighted by Crippen LogP contribution is -2.46. The number of piperazine rings is 1. The minimum absolute atomic E-state index is 0.123. The molecule has 35 heavy (non-hydrogen) atoms. The number of benzene rings is 3. The molecule has 0 unspecified atom stereocenters. The average molecular weight is 471 g/mol. The first-order chi connectivity index (χ1) is 17.2. The fourth-order valence-corrected chi connectivity index (χ4v) is 4.23. The predicted molar refractivity (Wildman–Crippen MR) is 136 cm³/mol. The monoisotopic (exact) mass is 470 g/mol. The Morgan fingerprint density at radius 1 is 0.857 bits per heavy atom. The summed E-state index contributed by atoms with van der Waals surface area (Å²) in [4.78, 5) is 21.9. The first kappa shape index (κ1) is 22.7. The highest BCUT2D eigenvalue weighted by atomic mass is 19.1. The Hall–Kier alpha value is -4.13. The van der Waals surface area contributed by atoms with Crippen LogP contribution in [0.5, 0.6) is 5.75 Å². The largest absolute Gasteiger partial charge is 0.481 e. The van der Waals surface area contributed by atoms with Gasteiger partial charge in [0.1, 0.15) is 22.9 Å². The summed E-state index contributed by atoms with van der Waals surface area (Å²) in [6.07, 6.45) is 0. The molecule has 1 aromatic heterocycles. The molecule has 4 aromatic rings. The highest BCUT2D eigenvalue weighted by Gasteiger charge is 2.19. The third-order valence-corrected chi connectivity index (χ3v) is 6.16. The van der Waals surface area contributed by atoms with Crippen LogP contribution >= 0.6 is 0 Å². The van der Waals surface area contributed by atoms with E-state index in [1.165, 1.54) is 17.8 Å². The minimum atomic E-state index is -0.302. The zero-order chi connectivity index (χ0) is 24.0. The van der Waals surface area contributed by atoms with Gasteiger partial charge in [0.25, 0.3) is 5.91 Å². The van der Waals surface area contributed by atoms with Crippen LogP contribution in [0.15, 0.2) is 84.9 Å². The molecule has 3 aromatic carbocycles. The molecule has 5 rings (SSSR count). The Morgan fingerprint density at radius 2 is 1.60 bits per heavy atom. The summed E-state index contributed by atoms with van der Waals surface area (Å²) < 4.78 is 18.9. The summed E-state index contributed by atoms with van der Waals surface area (Å²) in [5.74, 6) is 0.926. The standard InChI is InChI=1S/C28H27FN4O2/c29-23-12-9-21(10-13-23)19-30-27(34)20-35-25-8-4-5-22-11-14-26(31-28(22)25)33-17-15-32(16-18-33)24-6-2-1-3-7-24/h1-14H,15-20H2,(H,30,34). The van der Waals surface area contributed by atoms with E-state index in [4.69, 9.17) is 9.72 Å². The van der Waals surface area contributed by atoms with Crippen LogP contribution in [0.4, 0.5) is 15.9 Å². The number of fused-ring (bicyclic) bond motifs is 1. The van der Waals surface area contributed by atoms with Gasteiger partial charge in [-0.3, -0.25) is 4.79 Å². The molecule has 1 N–H and O–H groups in total. The van der Waals surface area contributed by atoms with Gasteiger partial charge < -0.3 is 19.9 Å². The lowest BCUT2D eigenvalue weighted by Gasteiger charge is -2.36. The van der Waals surface area contributed by atoms with Gasteiger partial charge in [-0.1, -0.05) is 42.5 Å². The Balaban J connectivity index is 1.22. The molecule has 178 valence electrons. The van der Waals surface area contributed by atoms with Gasteiger partial charge in [0, 0.05) is 43.8 Å². The van der Waals surface area contributed by atoms with E-state index < -0.39 is 0 Å². The molecule has 2 heterocycles. The number of nitrogens with zero attached hydrogens (tertiary/aromatic N) is 3. The maximum Gasteiger partial charge on any atom is 0.258 e. The number of nitrogens with one attached hydrogen (secondary N) is 1. The first-order valence-electron chi connectivity index (χ1n) is 11.7. The van der Waals surface area contributed by atoms with Crippen LogP contribution < -0.4 is 19.9 Å². The predicted octanol–water partition coefficient (Wildman–Crippen LogP) is 4.40. The van der Waals surface area contributed by atoms with E-state index in [9.17, 15) is 9.18 Å². The molecule has 0 atom stereocenters. The molecule has 1 aliphatic rings. The molecule has 1 amide bonds. The summed E-state index contributed by atoms with van der Waals surface area (Å²) in [5, 5.41) is 3.76. The van der Waals surface area contributed by atoms with Crippen LogP contribution in [0.1, 0.15) is 5.56 Å². The van der Waals surface area contributed by atoms with Crippen molar-refractivity contribution in [2.45, 2.75) is 6.54 Å².